The summed E-state index contributed by atoms with van der Waals surface area (Å²) < 4.78 is 5.44. The average Bonchev–Trinajstić information content (AvgIpc) is 2.89. The first-order chi connectivity index (χ1) is 8.67. The number of urea groups is 1. The molecule has 1 fully saturated rings. The Morgan fingerprint density at radius 2 is 2.39 bits per heavy atom. The lowest BCUT2D eigenvalue weighted by Crippen LogP contribution is -2.27. The van der Waals surface area contributed by atoms with E-state index in [2.05, 4.69) is 10.3 Å². The summed E-state index contributed by atoms with van der Waals surface area (Å²) in [5, 5.41) is 2.97. The van der Waals surface area contributed by atoms with Gasteiger partial charge in [-0.2, -0.15) is 0 Å². The number of carbonyl (C=O) groups excluding carboxylic acids is 1. The maximum atomic E-state index is 11.6. The van der Waals surface area contributed by atoms with Crippen LogP contribution in [0.3, 0.4) is 0 Å². The molecule has 5 nitrogen and oxygen atoms in total. The molecular formula is C13H15N3O2. The molecule has 1 aliphatic heterocycles. The number of amides is 2. The van der Waals surface area contributed by atoms with Crippen molar-refractivity contribution in [2.75, 3.05) is 13.1 Å². The van der Waals surface area contributed by atoms with Crippen LogP contribution in [0.4, 0.5) is 4.79 Å². The molecule has 0 aliphatic carbocycles. The van der Waals surface area contributed by atoms with Gasteiger partial charge in [0.15, 0.2) is 11.5 Å². The van der Waals surface area contributed by atoms with Crippen molar-refractivity contribution in [2.45, 2.75) is 19.9 Å². The summed E-state index contributed by atoms with van der Waals surface area (Å²) in [7, 11) is 0. The number of carbonyl (C=O) groups is 1. The summed E-state index contributed by atoms with van der Waals surface area (Å²) in [4.78, 5) is 17.7. The third kappa shape index (κ3) is 1.72. The molecule has 94 valence electrons. The van der Waals surface area contributed by atoms with Crippen molar-refractivity contribution in [2.24, 2.45) is 0 Å². The minimum atomic E-state index is -0.000990. The van der Waals surface area contributed by atoms with Gasteiger partial charge in [-0.15, -0.1) is 0 Å². The predicted molar refractivity (Wildman–Crippen MR) is 67.3 cm³/mol. The number of nitrogens with zero attached hydrogens (tertiary/aromatic N) is 2. The number of nitrogens with one attached hydrogen (secondary N) is 1. The molecule has 5 heteroatoms. The molecule has 2 amide bonds. The number of aryl methyl sites for hydroxylation is 1. The van der Waals surface area contributed by atoms with Crippen LogP contribution in [0.15, 0.2) is 22.6 Å². The summed E-state index contributed by atoms with van der Waals surface area (Å²) in [6, 6.07) is 5.91. The van der Waals surface area contributed by atoms with Crippen LogP contribution in [-0.2, 0) is 0 Å². The molecule has 0 spiro atoms. The number of hydrogen-bond acceptors (Lipinski definition) is 3. The van der Waals surface area contributed by atoms with Gasteiger partial charge in [0, 0.05) is 20.0 Å². The van der Waals surface area contributed by atoms with E-state index in [-0.39, 0.29) is 12.1 Å². The van der Waals surface area contributed by atoms with Crippen molar-refractivity contribution in [1.29, 1.82) is 0 Å². The van der Waals surface area contributed by atoms with Crippen LogP contribution < -0.4 is 5.32 Å². The average molecular weight is 245 g/mol. The van der Waals surface area contributed by atoms with Crippen molar-refractivity contribution in [3.8, 4) is 0 Å². The number of benzene rings is 1. The Balaban J connectivity index is 1.93. The van der Waals surface area contributed by atoms with Crippen molar-refractivity contribution in [3.05, 3.63) is 29.7 Å². The van der Waals surface area contributed by atoms with E-state index in [1.807, 2.05) is 32.0 Å². The zero-order valence-corrected chi connectivity index (χ0v) is 10.4. The fourth-order valence-corrected chi connectivity index (χ4v) is 2.33. The lowest BCUT2D eigenvalue weighted by atomic mass is 10.1. The molecule has 0 saturated carbocycles. The Labute approximate surface area is 105 Å². The predicted octanol–water partition coefficient (Wildman–Crippen LogP) is 2.22. The molecule has 0 bridgehead atoms. The molecule has 3 rings (SSSR count). The van der Waals surface area contributed by atoms with Crippen molar-refractivity contribution < 1.29 is 9.21 Å². The lowest BCUT2D eigenvalue weighted by molar-refractivity contribution is 0.219. The third-order valence-corrected chi connectivity index (χ3v) is 3.29. The van der Waals surface area contributed by atoms with Gasteiger partial charge in [-0.25, -0.2) is 9.78 Å². The van der Waals surface area contributed by atoms with Crippen LogP contribution in [0, 0.1) is 6.92 Å². The first-order valence-corrected chi connectivity index (χ1v) is 6.10. The van der Waals surface area contributed by atoms with Gasteiger partial charge in [-0.3, -0.25) is 0 Å². The zero-order valence-electron chi connectivity index (χ0n) is 10.4. The first-order valence-electron chi connectivity index (χ1n) is 6.10. The molecule has 1 saturated heterocycles. The fraction of sp³-hybridized carbons (Fsp3) is 0.385. The Bertz CT molecular complexity index is 605. The molecule has 1 N–H and O–H groups in total. The smallest absolute Gasteiger partial charge is 0.318 e. The van der Waals surface area contributed by atoms with Crippen molar-refractivity contribution >= 4 is 17.1 Å². The molecule has 0 radical (unpaired) electrons. The van der Waals surface area contributed by atoms with Gasteiger partial charge in [-0.1, -0.05) is 6.07 Å². The van der Waals surface area contributed by atoms with Gasteiger partial charge >= 0.3 is 6.03 Å². The SMILES string of the molecule is CCN1CC(c2ccc3oc(C)nc3c2)NC1=O. The Morgan fingerprint density at radius 3 is 3.11 bits per heavy atom. The quantitative estimate of drug-likeness (QED) is 0.882. The van der Waals surface area contributed by atoms with Crippen molar-refractivity contribution in [3.63, 3.8) is 0 Å². The second kappa shape index (κ2) is 4.01. The molecule has 1 aromatic carbocycles. The van der Waals surface area contributed by atoms with Crippen LogP contribution in [-0.4, -0.2) is 29.0 Å². The minimum Gasteiger partial charge on any atom is -0.441 e. The van der Waals surface area contributed by atoms with Gasteiger partial charge in [0.05, 0.1) is 6.04 Å². The summed E-state index contributed by atoms with van der Waals surface area (Å²) in [6.07, 6.45) is 0. The second-order valence-corrected chi connectivity index (χ2v) is 4.50. The molecule has 1 aliphatic rings. The standard InChI is InChI=1S/C13H15N3O2/c1-3-16-7-11(15-13(16)17)9-4-5-12-10(6-9)14-8(2)18-12/h4-6,11H,3,7H2,1-2H3,(H,15,17). The lowest BCUT2D eigenvalue weighted by Gasteiger charge is -2.11. The summed E-state index contributed by atoms with van der Waals surface area (Å²) in [5.41, 5.74) is 2.70. The first kappa shape index (κ1) is 11.1. The fourth-order valence-electron chi connectivity index (χ4n) is 2.33. The van der Waals surface area contributed by atoms with Crippen LogP contribution in [0.25, 0.3) is 11.1 Å². The number of oxazole rings is 1. The highest BCUT2D eigenvalue weighted by Crippen LogP contribution is 2.24. The molecule has 1 atom stereocenters. The molecule has 1 unspecified atom stereocenters. The van der Waals surface area contributed by atoms with Crippen LogP contribution >= 0.6 is 0 Å². The summed E-state index contributed by atoms with van der Waals surface area (Å²) in [5.74, 6) is 0.660. The largest absolute Gasteiger partial charge is 0.441 e. The van der Waals surface area contributed by atoms with E-state index in [0.29, 0.717) is 12.4 Å². The minimum absolute atomic E-state index is 0.000990. The van der Waals surface area contributed by atoms with Gasteiger partial charge in [0.25, 0.3) is 0 Å². The van der Waals surface area contributed by atoms with E-state index in [1.54, 1.807) is 4.90 Å². The van der Waals surface area contributed by atoms with Gasteiger partial charge in [0.2, 0.25) is 0 Å². The number of likely N-dealkylation sites (N-methyl/N-ethyl adjacent to an activating group) is 1. The highest BCUT2D eigenvalue weighted by atomic mass is 16.3. The summed E-state index contributed by atoms with van der Waals surface area (Å²) >= 11 is 0. The highest BCUT2D eigenvalue weighted by molar-refractivity contribution is 5.78. The van der Waals surface area contributed by atoms with Gasteiger partial charge < -0.3 is 14.6 Å². The van der Waals surface area contributed by atoms with E-state index in [4.69, 9.17) is 4.42 Å². The second-order valence-electron chi connectivity index (χ2n) is 4.50. The molecule has 2 aromatic rings. The number of hydrogen-bond donors (Lipinski definition) is 1. The zero-order chi connectivity index (χ0) is 12.7. The van der Waals surface area contributed by atoms with E-state index in [1.165, 1.54) is 0 Å². The number of rotatable bonds is 2. The third-order valence-electron chi connectivity index (χ3n) is 3.29. The monoisotopic (exact) mass is 245 g/mol. The van der Waals surface area contributed by atoms with Gasteiger partial charge in [0.1, 0.15) is 5.52 Å². The van der Waals surface area contributed by atoms with E-state index < -0.39 is 0 Å². The molecular weight excluding hydrogens is 230 g/mol. The number of fused-ring (bicyclic) bond motifs is 1. The molecule has 18 heavy (non-hydrogen) atoms. The highest BCUT2D eigenvalue weighted by Gasteiger charge is 2.28. The normalized spacial score (nSPS) is 19.6. The molecule has 1 aromatic heterocycles. The van der Waals surface area contributed by atoms with Crippen LogP contribution in [0.2, 0.25) is 0 Å². The van der Waals surface area contributed by atoms with Crippen molar-refractivity contribution in [1.82, 2.24) is 15.2 Å². The number of aromatic nitrogens is 1. The Morgan fingerprint density at radius 1 is 1.56 bits per heavy atom. The van der Waals surface area contributed by atoms with Crippen LogP contribution in [0.1, 0.15) is 24.4 Å². The van der Waals surface area contributed by atoms with E-state index in [9.17, 15) is 4.79 Å². The Kier molecular flexibility index (Phi) is 2.47. The molecule has 2 heterocycles. The van der Waals surface area contributed by atoms with E-state index in [0.717, 1.165) is 23.2 Å². The Hall–Kier alpha value is -2.04. The van der Waals surface area contributed by atoms with Gasteiger partial charge in [-0.05, 0) is 24.6 Å². The summed E-state index contributed by atoms with van der Waals surface area (Å²) in [6.45, 7) is 5.24. The van der Waals surface area contributed by atoms with Crippen LogP contribution in [0.5, 0.6) is 0 Å². The maximum Gasteiger partial charge on any atom is 0.318 e. The maximum absolute atomic E-state index is 11.6. The van der Waals surface area contributed by atoms with E-state index >= 15 is 0 Å². The topological polar surface area (TPSA) is 58.4 Å².